The minimum atomic E-state index is -0.713. The Morgan fingerprint density at radius 1 is 1.06 bits per heavy atom. The number of aliphatic carboxylic acids is 1. The predicted octanol–water partition coefficient (Wildman–Crippen LogP) is 6.39. The van der Waals surface area contributed by atoms with Gasteiger partial charge in [0, 0.05) is 41.7 Å². The van der Waals surface area contributed by atoms with E-state index in [0.717, 1.165) is 36.9 Å². The third kappa shape index (κ3) is 5.55. The van der Waals surface area contributed by atoms with Crippen molar-refractivity contribution in [2.24, 2.45) is 5.92 Å². The molecule has 8 heteroatoms. The molecule has 1 saturated heterocycles. The van der Waals surface area contributed by atoms with Crippen LogP contribution in [0, 0.1) is 5.92 Å². The molecule has 0 spiro atoms. The van der Waals surface area contributed by atoms with Crippen molar-refractivity contribution in [3.8, 4) is 11.4 Å². The molecule has 1 aliphatic carbocycles. The highest BCUT2D eigenvalue weighted by Gasteiger charge is 2.35. The van der Waals surface area contributed by atoms with Crippen LogP contribution >= 0.6 is 23.2 Å². The Morgan fingerprint density at radius 3 is 2.40 bits per heavy atom. The van der Waals surface area contributed by atoms with Gasteiger partial charge < -0.3 is 9.63 Å². The number of aryl methyl sites for hydroxylation is 1. The normalized spacial score (nSPS) is 18.3. The largest absolute Gasteiger partial charge is 0.481 e. The number of benzene rings is 2. The van der Waals surface area contributed by atoms with Gasteiger partial charge in [-0.3, -0.25) is 9.69 Å². The highest BCUT2D eigenvalue weighted by atomic mass is 35.5. The maximum Gasteiger partial charge on any atom is 0.309 e. The molecule has 1 saturated carbocycles. The summed E-state index contributed by atoms with van der Waals surface area (Å²) in [5.74, 6) is 0.276. The van der Waals surface area contributed by atoms with Gasteiger partial charge in [0.15, 0.2) is 0 Å². The van der Waals surface area contributed by atoms with Crippen molar-refractivity contribution in [1.82, 2.24) is 15.0 Å². The van der Waals surface area contributed by atoms with Gasteiger partial charge in [-0.05, 0) is 54.0 Å². The Balaban J connectivity index is 1.23. The van der Waals surface area contributed by atoms with Crippen LogP contribution in [0.1, 0.15) is 55.5 Å². The van der Waals surface area contributed by atoms with Crippen LogP contribution in [-0.4, -0.2) is 39.2 Å². The lowest BCUT2D eigenvalue weighted by Gasteiger charge is -2.38. The molecule has 5 rings (SSSR count). The van der Waals surface area contributed by atoms with Crippen LogP contribution in [0.15, 0.2) is 47.0 Å². The summed E-state index contributed by atoms with van der Waals surface area (Å²) in [6.07, 6.45) is 7.48. The van der Waals surface area contributed by atoms with E-state index < -0.39 is 5.97 Å². The minimum Gasteiger partial charge on any atom is -0.481 e. The topological polar surface area (TPSA) is 79.5 Å². The van der Waals surface area contributed by atoms with Crippen molar-refractivity contribution in [1.29, 1.82) is 0 Å². The van der Waals surface area contributed by atoms with Crippen molar-refractivity contribution in [3.63, 3.8) is 0 Å². The smallest absolute Gasteiger partial charge is 0.309 e. The molecule has 0 amide bonds. The summed E-state index contributed by atoms with van der Waals surface area (Å²) in [4.78, 5) is 17.8. The Morgan fingerprint density at radius 2 is 1.74 bits per heavy atom. The summed E-state index contributed by atoms with van der Waals surface area (Å²) in [5.41, 5.74) is 3.28. The molecule has 1 N–H and O–H groups in total. The molecule has 6 nitrogen and oxygen atoms in total. The fraction of sp³-hybridized carbons (Fsp3) is 0.444. The number of rotatable bonds is 8. The van der Waals surface area contributed by atoms with Gasteiger partial charge in [0.1, 0.15) is 0 Å². The van der Waals surface area contributed by atoms with Crippen LogP contribution in [0.3, 0.4) is 0 Å². The molecule has 0 bridgehead atoms. The number of carbonyl (C=O) groups is 1. The first kappa shape index (κ1) is 24.3. The van der Waals surface area contributed by atoms with E-state index in [0.29, 0.717) is 41.3 Å². The SMILES string of the molecule is O=C(O)C1CN(Cc2ccc(-c3noc(CCC4(c5cc(Cl)cc(Cl)c5)CCCCC4)n3)cc2)C1. The van der Waals surface area contributed by atoms with Gasteiger partial charge in [-0.1, -0.05) is 71.9 Å². The van der Waals surface area contributed by atoms with Crippen LogP contribution in [0.25, 0.3) is 11.4 Å². The van der Waals surface area contributed by atoms with E-state index in [4.69, 9.17) is 32.8 Å². The molecule has 184 valence electrons. The van der Waals surface area contributed by atoms with Crippen molar-refractivity contribution in [3.05, 3.63) is 69.5 Å². The number of hydrogen-bond donors (Lipinski definition) is 1. The zero-order valence-corrected chi connectivity index (χ0v) is 21.1. The van der Waals surface area contributed by atoms with Crippen LogP contribution < -0.4 is 0 Å². The maximum atomic E-state index is 11.0. The zero-order valence-electron chi connectivity index (χ0n) is 19.6. The van der Waals surface area contributed by atoms with Crippen LogP contribution in [0.2, 0.25) is 10.0 Å². The monoisotopic (exact) mass is 513 g/mol. The summed E-state index contributed by atoms with van der Waals surface area (Å²) >= 11 is 12.7. The molecular formula is C27H29Cl2N3O3. The van der Waals surface area contributed by atoms with Crippen LogP contribution in [0.5, 0.6) is 0 Å². The quantitative estimate of drug-likeness (QED) is 0.375. The number of aromatic nitrogens is 2. The molecule has 0 atom stereocenters. The number of halogens is 2. The summed E-state index contributed by atoms with van der Waals surface area (Å²) in [5, 5.41) is 14.6. The van der Waals surface area contributed by atoms with Gasteiger partial charge in [0.2, 0.25) is 11.7 Å². The fourth-order valence-electron chi connectivity index (χ4n) is 5.46. The molecule has 2 fully saturated rings. The first-order valence-electron chi connectivity index (χ1n) is 12.2. The Bertz CT molecular complexity index is 1160. The molecule has 35 heavy (non-hydrogen) atoms. The van der Waals surface area contributed by atoms with E-state index in [-0.39, 0.29) is 11.3 Å². The van der Waals surface area contributed by atoms with Crippen molar-refractivity contribution in [2.45, 2.75) is 56.9 Å². The molecule has 2 heterocycles. The highest BCUT2D eigenvalue weighted by Crippen LogP contribution is 2.44. The van der Waals surface area contributed by atoms with E-state index >= 15 is 0 Å². The van der Waals surface area contributed by atoms with Gasteiger partial charge in [-0.25, -0.2) is 0 Å². The molecule has 2 aromatic carbocycles. The van der Waals surface area contributed by atoms with Gasteiger partial charge in [0.25, 0.3) is 0 Å². The Kier molecular flexibility index (Phi) is 7.14. The van der Waals surface area contributed by atoms with Gasteiger partial charge in [-0.2, -0.15) is 4.98 Å². The van der Waals surface area contributed by atoms with Crippen LogP contribution in [0.4, 0.5) is 0 Å². The van der Waals surface area contributed by atoms with E-state index in [1.807, 2.05) is 24.3 Å². The summed E-state index contributed by atoms with van der Waals surface area (Å²) in [7, 11) is 0. The standard InChI is InChI=1S/C27H29Cl2N3O3/c28-22-12-21(13-23(29)14-22)27(9-2-1-3-10-27)11-8-24-30-25(31-35-24)19-6-4-18(5-7-19)15-32-16-20(17-32)26(33)34/h4-7,12-14,20H,1-3,8-11,15-17H2,(H,33,34). The van der Waals surface area contributed by atoms with Crippen molar-refractivity contribution >= 4 is 29.2 Å². The average Bonchev–Trinajstić information content (AvgIpc) is 3.29. The Labute approximate surface area is 215 Å². The highest BCUT2D eigenvalue weighted by molar-refractivity contribution is 6.34. The molecule has 3 aromatic rings. The number of likely N-dealkylation sites (tertiary alicyclic amines) is 1. The van der Waals surface area contributed by atoms with Crippen molar-refractivity contribution in [2.75, 3.05) is 13.1 Å². The van der Waals surface area contributed by atoms with E-state index in [2.05, 4.69) is 27.2 Å². The van der Waals surface area contributed by atoms with Gasteiger partial charge in [-0.15, -0.1) is 0 Å². The van der Waals surface area contributed by atoms with E-state index in [9.17, 15) is 4.79 Å². The third-order valence-electron chi connectivity index (χ3n) is 7.50. The molecule has 1 aromatic heterocycles. The second kappa shape index (κ2) is 10.3. The summed E-state index contributed by atoms with van der Waals surface area (Å²) < 4.78 is 5.62. The third-order valence-corrected chi connectivity index (χ3v) is 7.93. The number of carboxylic acid groups (broad SMARTS) is 1. The van der Waals surface area contributed by atoms with Gasteiger partial charge in [0.05, 0.1) is 5.92 Å². The van der Waals surface area contributed by atoms with E-state index in [1.165, 1.54) is 24.8 Å². The van der Waals surface area contributed by atoms with Gasteiger partial charge >= 0.3 is 5.97 Å². The van der Waals surface area contributed by atoms with Crippen molar-refractivity contribution < 1.29 is 14.4 Å². The number of hydrogen-bond acceptors (Lipinski definition) is 5. The fourth-order valence-corrected chi connectivity index (χ4v) is 5.99. The lowest BCUT2D eigenvalue weighted by molar-refractivity contribution is -0.147. The maximum absolute atomic E-state index is 11.0. The zero-order chi connectivity index (χ0) is 24.4. The summed E-state index contributed by atoms with van der Waals surface area (Å²) in [6, 6.07) is 14.0. The predicted molar refractivity (Wildman–Crippen MR) is 136 cm³/mol. The number of nitrogens with zero attached hydrogens (tertiary/aromatic N) is 3. The van der Waals surface area contributed by atoms with E-state index in [1.54, 1.807) is 6.07 Å². The Hall–Kier alpha value is -2.41. The first-order valence-corrected chi connectivity index (χ1v) is 13.0. The average molecular weight is 514 g/mol. The molecule has 0 unspecified atom stereocenters. The first-order chi connectivity index (χ1) is 16.9. The summed E-state index contributed by atoms with van der Waals surface area (Å²) in [6.45, 7) is 1.96. The second-order valence-electron chi connectivity index (χ2n) is 9.94. The molecule has 1 aliphatic heterocycles. The lowest BCUT2D eigenvalue weighted by Crippen LogP contribution is -2.49. The van der Waals surface area contributed by atoms with Crippen LogP contribution in [-0.2, 0) is 23.2 Å². The lowest BCUT2D eigenvalue weighted by atomic mass is 9.67. The second-order valence-corrected chi connectivity index (χ2v) is 10.8. The number of carboxylic acids is 1. The minimum absolute atomic E-state index is 0.0274. The molecular weight excluding hydrogens is 485 g/mol. The molecule has 0 radical (unpaired) electrons. The molecule has 2 aliphatic rings.